The van der Waals surface area contributed by atoms with Crippen LogP contribution in [0.1, 0.15) is 23.7 Å². The molecule has 2 rings (SSSR count). The number of hydrogen-bond donors (Lipinski definition) is 0. The first-order chi connectivity index (χ1) is 8.78. The molecule has 0 saturated heterocycles. The zero-order valence-corrected chi connectivity index (χ0v) is 10.9. The molecule has 0 spiro atoms. The van der Waals surface area contributed by atoms with Crippen LogP contribution in [0.3, 0.4) is 0 Å². The topological polar surface area (TPSA) is 62.7 Å². The molecule has 1 heterocycles. The van der Waals surface area contributed by atoms with E-state index in [9.17, 15) is 0 Å². The third kappa shape index (κ3) is 3.60. The molecule has 0 fully saturated rings. The van der Waals surface area contributed by atoms with Crippen LogP contribution >= 0.6 is 11.8 Å². The van der Waals surface area contributed by atoms with E-state index in [2.05, 4.69) is 41.3 Å². The Morgan fingerprint density at radius 2 is 2.33 bits per heavy atom. The Bertz CT molecular complexity index is 559. The summed E-state index contributed by atoms with van der Waals surface area (Å²) in [5.41, 5.74) is 1.24. The minimum absolute atomic E-state index is 0.409. The largest absolute Gasteiger partial charge is 0.339 e. The summed E-state index contributed by atoms with van der Waals surface area (Å²) in [6.45, 7) is 2.07. The Morgan fingerprint density at radius 3 is 3.11 bits per heavy atom. The van der Waals surface area contributed by atoms with Gasteiger partial charge in [-0.25, -0.2) is 0 Å². The number of aryl methyl sites for hydroxylation is 2. The van der Waals surface area contributed by atoms with E-state index < -0.39 is 0 Å². The van der Waals surface area contributed by atoms with Gasteiger partial charge in [0.15, 0.2) is 5.82 Å². The van der Waals surface area contributed by atoms with Crippen LogP contribution in [0.2, 0.25) is 0 Å². The number of thioether (sulfide) groups is 1. The molecule has 0 atom stereocenters. The summed E-state index contributed by atoms with van der Waals surface area (Å²) in [6.07, 6.45) is 0.936. The van der Waals surface area contributed by atoms with Crippen molar-refractivity contribution < 1.29 is 4.52 Å². The van der Waals surface area contributed by atoms with Crippen molar-refractivity contribution in [2.75, 3.05) is 0 Å². The second-order valence-corrected chi connectivity index (χ2v) is 4.92. The monoisotopic (exact) mass is 259 g/mol. The standard InChI is InChI=1S/C13H13N3OS/c1-10-4-2-5-11(8-10)18-9-12-15-13(17-16-12)6-3-7-14/h2,4-5,8H,3,6,9H2,1H3. The lowest BCUT2D eigenvalue weighted by molar-refractivity contribution is 0.375. The normalized spacial score (nSPS) is 10.2. The highest BCUT2D eigenvalue weighted by Crippen LogP contribution is 2.22. The fourth-order valence-corrected chi connectivity index (χ4v) is 2.32. The lowest BCUT2D eigenvalue weighted by atomic mass is 10.2. The molecule has 1 aromatic heterocycles. The van der Waals surface area contributed by atoms with E-state index in [4.69, 9.17) is 9.78 Å². The summed E-state index contributed by atoms with van der Waals surface area (Å²) >= 11 is 1.67. The first kappa shape index (κ1) is 12.7. The van der Waals surface area contributed by atoms with Gasteiger partial charge < -0.3 is 4.52 Å². The molecule has 0 saturated carbocycles. The fraction of sp³-hybridized carbons (Fsp3) is 0.308. The quantitative estimate of drug-likeness (QED) is 0.772. The average Bonchev–Trinajstić information content (AvgIpc) is 2.82. The van der Waals surface area contributed by atoms with Crippen molar-refractivity contribution in [1.82, 2.24) is 10.1 Å². The molecule has 0 radical (unpaired) electrons. The van der Waals surface area contributed by atoms with Crippen molar-refractivity contribution >= 4 is 11.8 Å². The van der Waals surface area contributed by atoms with Gasteiger partial charge in [0.1, 0.15) is 0 Å². The molecule has 0 unspecified atom stereocenters. The SMILES string of the molecule is Cc1cccc(SCc2noc(CCC#N)n2)c1. The molecule has 5 heteroatoms. The second kappa shape index (κ2) is 6.22. The summed E-state index contributed by atoms with van der Waals surface area (Å²) in [6, 6.07) is 10.3. The molecule has 0 amide bonds. The van der Waals surface area contributed by atoms with Gasteiger partial charge in [-0.2, -0.15) is 10.2 Å². The van der Waals surface area contributed by atoms with E-state index in [1.54, 1.807) is 11.8 Å². The van der Waals surface area contributed by atoms with Gasteiger partial charge >= 0.3 is 0 Å². The number of benzene rings is 1. The Kier molecular flexibility index (Phi) is 4.37. The third-order valence-corrected chi connectivity index (χ3v) is 3.31. The number of hydrogen-bond acceptors (Lipinski definition) is 5. The molecule has 0 bridgehead atoms. The molecule has 18 heavy (non-hydrogen) atoms. The van der Waals surface area contributed by atoms with E-state index in [1.807, 2.05) is 6.07 Å². The van der Waals surface area contributed by atoms with Crippen molar-refractivity contribution in [2.24, 2.45) is 0 Å². The van der Waals surface area contributed by atoms with Gasteiger partial charge in [0, 0.05) is 17.7 Å². The summed E-state index contributed by atoms with van der Waals surface area (Å²) in [5.74, 6) is 1.89. The first-order valence-corrected chi connectivity index (χ1v) is 6.64. The number of nitrogens with zero attached hydrogens (tertiary/aromatic N) is 3. The zero-order valence-electron chi connectivity index (χ0n) is 10.1. The number of aromatic nitrogens is 2. The van der Waals surface area contributed by atoms with Crippen molar-refractivity contribution in [3.8, 4) is 6.07 Å². The van der Waals surface area contributed by atoms with Gasteiger partial charge in [0.25, 0.3) is 0 Å². The maximum atomic E-state index is 8.47. The zero-order chi connectivity index (χ0) is 12.8. The maximum absolute atomic E-state index is 8.47. The van der Waals surface area contributed by atoms with Crippen molar-refractivity contribution in [2.45, 2.75) is 30.4 Å². The molecule has 0 aliphatic heterocycles. The van der Waals surface area contributed by atoms with Crippen LogP contribution in [0.5, 0.6) is 0 Å². The Morgan fingerprint density at radius 1 is 1.44 bits per heavy atom. The van der Waals surface area contributed by atoms with Crippen LogP contribution in [0, 0.1) is 18.3 Å². The minimum Gasteiger partial charge on any atom is -0.339 e. The average molecular weight is 259 g/mol. The van der Waals surface area contributed by atoms with Crippen LogP contribution in [0.4, 0.5) is 0 Å². The number of nitriles is 1. The van der Waals surface area contributed by atoms with Crippen molar-refractivity contribution in [1.29, 1.82) is 5.26 Å². The smallest absolute Gasteiger partial charge is 0.227 e. The highest BCUT2D eigenvalue weighted by atomic mass is 32.2. The maximum Gasteiger partial charge on any atom is 0.227 e. The highest BCUT2D eigenvalue weighted by molar-refractivity contribution is 7.98. The van der Waals surface area contributed by atoms with Gasteiger partial charge in [-0.05, 0) is 19.1 Å². The molecule has 0 aliphatic rings. The third-order valence-electron chi connectivity index (χ3n) is 2.32. The summed E-state index contributed by atoms with van der Waals surface area (Å²) in [5, 5.41) is 12.4. The lowest BCUT2D eigenvalue weighted by Crippen LogP contribution is -1.86. The minimum atomic E-state index is 0.409. The van der Waals surface area contributed by atoms with Crippen molar-refractivity contribution in [3.63, 3.8) is 0 Å². The molecule has 92 valence electrons. The predicted molar refractivity (Wildman–Crippen MR) is 69.0 cm³/mol. The van der Waals surface area contributed by atoms with Crippen LogP contribution in [-0.4, -0.2) is 10.1 Å². The predicted octanol–water partition coefficient (Wildman–Crippen LogP) is 3.13. The lowest BCUT2D eigenvalue weighted by Gasteiger charge is -1.99. The molecule has 4 nitrogen and oxygen atoms in total. The van der Waals surface area contributed by atoms with Crippen LogP contribution < -0.4 is 0 Å². The van der Waals surface area contributed by atoms with E-state index in [0.29, 0.717) is 30.3 Å². The first-order valence-electron chi connectivity index (χ1n) is 5.66. The van der Waals surface area contributed by atoms with E-state index in [0.717, 1.165) is 0 Å². The molecule has 0 aliphatic carbocycles. The Balaban J connectivity index is 1.90. The molecular formula is C13H13N3OS. The van der Waals surface area contributed by atoms with Gasteiger partial charge in [0.2, 0.25) is 5.89 Å². The van der Waals surface area contributed by atoms with E-state index in [-0.39, 0.29) is 0 Å². The fourth-order valence-electron chi connectivity index (χ4n) is 1.47. The van der Waals surface area contributed by atoms with Crippen LogP contribution in [0.15, 0.2) is 33.7 Å². The van der Waals surface area contributed by atoms with Crippen LogP contribution in [-0.2, 0) is 12.2 Å². The highest BCUT2D eigenvalue weighted by Gasteiger charge is 2.06. The summed E-state index contributed by atoms with van der Waals surface area (Å²) in [4.78, 5) is 5.43. The van der Waals surface area contributed by atoms with E-state index >= 15 is 0 Å². The van der Waals surface area contributed by atoms with E-state index in [1.165, 1.54) is 10.5 Å². The van der Waals surface area contributed by atoms with Gasteiger partial charge in [0.05, 0.1) is 11.8 Å². The molecule has 1 aromatic carbocycles. The van der Waals surface area contributed by atoms with Gasteiger partial charge in [-0.3, -0.25) is 0 Å². The van der Waals surface area contributed by atoms with Gasteiger partial charge in [-0.1, -0.05) is 22.9 Å². The molecule has 0 N–H and O–H groups in total. The number of rotatable bonds is 5. The van der Waals surface area contributed by atoms with Gasteiger partial charge in [-0.15, -0.1) is 11.8 Å². The molecular weight excluding hydrogens is 246 g/mol. The Labute approximate surface area is 110 Å². The van der Waals surface area contributed by atoms with Crippen LogP contribution in [0.25, 0.3) is 0 Å². The summed E-state index contributed by atoms with van der Waals surface area (Å²) in [7, 11) is 0. The van der Waals surface area contributed by atoms with Crippen molar-refractivity contribution in [3.05, 3.63) is 41.5 Å². The summed E-state index contributed by atoms with van der Waals surface area (Å²) < 4.78 is 5.05. The molecule has 2 aromatic rings. The second-order valence-electron chi connectivity index (χ2n) is 3.87. The Hall–Kier alpha value is -1.80.